The molecule has 0 N–H and O–H groups in total. The van der Waals surface area contributed by atoms with E-state index < -0.39 is 0 Å². The van der Waals surface area contributed by atoms with Crippen LogP contribution in [0.3, 0.4) is 0 Å². The van der Waals surface area contributed by atoms with Crippen molar-refractivity contribution in [2.24, 2.45) is 0 Å². The van der Waals surface area contributed by atoms with Crippen molar-refractivity contribution < 1.29 is 4.39 Å². The number of allylic oxidation sites excluding steroid dienone is 1. The van der Waals surface area contributed by atoms with Crippen LogP contribution in [-0.4, -0.2) is 0 Å². The maximum Gasteiger partial charge on any atom is 0.130 e. The van der Waals surface area contributed by atoms with Crippen molar-refractivity contribution in [3.8, 4) is 0 Å². The van der Waals surface area contributed by atoms with E-state index in [1.807, 2.05) is 53.7 Å². The lowest BCUT2D eigenvalue weighted by atomic mass is 10.0. The smallest absolute Gasteiger partial charge is 0.130 e. The third-order valence-electron chi connectivity index (χ3n) is 2.25. The van der Waals surface area contributed by atoms with Gasteiger partial charge in [-0.2, -0.15) is 0 Å². The summed E-state index contributed by atoms with van der Waals surface area (Å²) in [6.45, 7) is 15.8. The first kappa shape index (κ1) is 18.3. The van der Waals surface area contributed by atoms with Crippen LogP contribution in [0.25, 0.3) is 5.57 Å². The van der Waals surface area contributed by atoms with Crippen LogP contribution < -0.4 is 0 Å². The minimum absolute atomic E-state index is 0.147. The van der Waals surface area contributed by atoms with Crippen molar-refractivity contribution in [1.82, 2.24) is 0 Å². The predicted molar refractivity (Wildman–Crippen MR) is 77.8 cm³/mol. The highest BCUT2D eigenvalue weighted by atomic mass is 19.1. The van der Waals surface area contributed by atoms with Gasteiger partial charge >= 0.3 is 0 Å². The zero-order chi connectivity index (χ0) is 13.8. The number of benzene rings is 1. The van der Waals surface area contributed by atoms with Gasteiger partial charge in [0.15, 0.2) is 0 Å². The second-order valence-corrected chi connectivity index (χ2v) is 3.12. The maximum absolute atomic E-state index is 13.4. The first-order valence-corrected chi connectivity index (χ1v) is 6.65. The Bertz CT molecular complexity index is 313. The molecule has 0 aromatic heterocycles. The van der Waals surface area contributed by atoms with Crippen LogP contribution in [0.5, 0.6) is 0 Å². The monoisotopic (exact) mass is 238 g/mol. The summed E-state index contributed by atoms with van der Waals surface area (Å²) < 4.78 is 13.4. The van der Waals surface area contributed by atoms with E-state index in [0.717, 1.165) is 24.0 Å². The predicted octanol–water partition coefficient (Wildman–Crippen LogP) is 5.86. The molecule has 0 spiro atoms. The van der Waals surface area contributed by atoms with Crippen LogP contribution in [0.15, 0.2) is 24.8 Å². The van der Waals surface area contributed by atoms with Crippen molar-refractivity contribution in [2.75, 3.05) is 0 Å². The highest BCUT2D eigenvalue weighted by Gasteiger charge is 2.04. The van der Waals surface area contributed by atoms with Crippen LogP contribution in [0.4, 0.5) is 4.39 Å². The SMILES string of the molecule is C=C(CC)c1ccc(CC)cc1F.CC.CC. The molecule has 0 fully saturated rings. The summed E-state index contributed by atoms with van der Waals surface area (Å²) >= 11 is 0. The van der Waals surface area contributed by atoms with Gasteiger partial charge in [-0.3, -0.25) is 0 Å². The summed E-state index contributed by atoms with van der Waals surface area (Å²) in [5, 5.41) is 0. The second-order valence-electron chi connectivity index (χ2n) is 3.12. The van der Waals surface area contributed by atoms with E-state index in [9.17, 15) is 4.39 Å². The summed E-state index contributed by atoms with van der Waals surface area (Å²) in [7, 11) is 0. The molecule has 0 saturated heterocycles. The maximum atomic E-state index is 13.4. The molecule has 0 radical (unpaired) electrons. The van der Waals surface area contributed by atoms with Crippen LogP contribution in [0.1, 0.15) is 59.1 Å². The minimum atomic E-state index is -0.147. The molecule has 1 heteroatoms. The summed E-state index contributed by atoms with van der Waals surface area (Å²) in [6.07, 6.45) is 1.66. The lowest BCUT2D eigenvalue weighted by Crippen LogP contribution is -1.90. The van der Waals surface area contributed by atoms with Gasteiger partial charge in [-0.25, -0.2) is 4.39 Å². The molecule has 0 aliphatic rings. The van der Waals surface area contributed by atoms with Gasteiger partial charge in [0.25, 0.3) is 0 Å². The Morgan fingerprint density at radius 3 is 2.00 bits per heavy atom. The molecule has 0 aliphatic carbocycles. The van der Waals surface area contributed by atoms with Gasteiger partial charge < -0.3 is 0 Å². The lowest BCUT2D eigenvalue weighted by molar-refractivity contribution is 0.621. The van der Waals surface area contributed by atoms with Gasteiger partial charge in [-0.15, -0.1) is 0 Å². The van der Waals surface area contributed by atoms with Gasteiger partial charge in [0.05, 0.1) is 0 Å². The highest BCUT2D eigenvalue weighted by Crippen LogP contribution is 2.20. The number of hydrogen-bond acceptors (Lipinski definition) is 0. The zero-order valence-corrected chi connectivity index (χ0v) is 12.2. The molecule has 98 valence electrons. The first-order chi connectivity index (χ1) is 8.19. The molecule has 0 amide bonds. The third kappa shape index (κ3) is 6.25. The van der Waals surface area contributed by atoms with Crippen molar-refractivity contribution in [2.45, 2.75) is 54.4 Å². The Morgan fingerprint density at radius 2 is 1.65 bits per heavy atom. The second kappa shape index (κ2) is 11.4. The molecule has 1 rings (SSSR count). The fraction of sp³-hybridized carbons (Fsp3) is 0.500. The average molecular weight is 238 g/mol. The fourth-order valence-corrected chi connectivity index (χ4v) is 1.26. The molecule has 0 saturated carbocycles. The Labute approximate surface area is 107 Å². The molecule has 0 nitrogen and oxygen atoms in total. The largest absolute Gasteiger partial charge is 0.206 e. The van der Waals surface area contributed by atoms with Gasteiger partial charge in [0.1, 0.15) is 5.82 Å². The Kier molecular flexibility index (Phi) is 12.2. The molecule has 0 bridgehead atoms. The quantitative estimate of drug-likeness (QED) is 0.618. The van der Waals surface area contributed by atoms with Crippen molar-refractivity contribution in [3.05, 3.63) is 41.7 Å². The third-order valence-corrected chi connectivity index (χ3v) is 2.25. The average Bonchev–Trinajstić information content (AvgIpc) is 2.42. The molecule has 17 heavy (non-hydrogen) atoms. The van der Waals surface area contributed by atoms with E-state index in [-0.39, 0.29) is 5.82 Å². The molecular weight excluding hydrogens is 211 g/mol. The highest BCUT2D eigenvalue weighted by molar-refractivity contribution is 5.63. The van der Waals surface area contributed by atoms with Gasteiger partial charge in [0, 0.05) is 5.56 Å². The number of hydrogen-bond donors (Lipinski definition) is 0. The summed E-state index contributed by atoms with van der Waals surface area (Å²) in [6, 6.07) is 5.37. The van der Waals surface area contributed by atoms with Gasteiger partial charge in [-0.05, 0) is 30.0 Å². The van der Waals surface area contributed by atoms with Crippen LogP contribution >= 0.6 is 0 Å². The van der Waals surface area contributed by atoms with Gasteiger partial charge in [0.2, 0.25) is 0 Å². The van der Waals surface area contributed by atoms with Crippen LogP contribution in [-0.2, 0) is 6.42 Å². The summed E-state index contributed by atoms with van der Waals surface area (Å²) in [5.41, 5.74) is 2.55. The summed E-state index contributed by atoms with van der Waals surface area (Å²) in [5.74, 6) is -0.147. The standard InChI is InChI=1S/C12H15F.2C2H6/c1-4-9(3)11-7-6-10(5-2)8-12(11)13;2*1-2/h6-8H,3-5H2,1-2H3;2*1-2H3. The molecular formula is C16H27F. The Hall–Kier alpha value is -1.11. The van der Waals surface area contributed by atoms with E-state index in [1.165, 1.54) is 0 Å². The van der Waals surface area contributed by atoms with Crippen LogP contribution in [0, 0.1) is 5.82 Å². The molecule has 1 aromatic rings. The number of aryl methyl sites for hydroxylation is 1. The minimum Gasteiger partial charge on any atom is -0.206 e. The number of rotatable bonds is 3. The molecule has 0 atom stereocenters. The van der Waals surface area contributed by atoms with Crippen molar-refractivity contribution in [3.63, 3.8) is 0 Å². The molecule has 0 unspecified atom stereocenters. The zero-order valence-electron chi connectivity index (χ0n) is 12.2. The van der Waals surface area contributed by atoms with E-state index >= 15 is 0 Å². The van der Waals surface area contributed by atoms with Crippen molar-refractivity contribution in [1.29, 1.82) is 0 Å². The summed E-state index contributed by atoms with van der Waals surface area (Å²) in [4.78, 5) is 0. The lowest BCUT2D eigenvalue weighted by Gasteiger charge is -2.05. The van der Waals surface area contributed by atoms with Crippen LogP contribution in [0.2, 0.25) is 0 Å². The van der Waals surface area contributed by atoms with Crippen molar-refractivity contribution >= 4 is 5.57 Å². The molecule has 0 heterocycles. The fourth-order valence-electron chi connectivity index (χ4n) is 1.26. The van der Waals surface area contributed by atoms with E-state index in [2.05, 4.69) is 6.58 Å². The van der Waals surface area contributed by atoms with Gasteiger partial charge in [-0.1, -0.05) is 60.3 Å². The first-order valence-electron chi connectivity index (χ1n) is 6.65. The van der Waals surface area contributed by atoms with E-state index in [0.29, 0.717) is 5.56 Å². The van der Waals surface area contributed by atoms with E-state index in [1.54, 1.807) is 6.07 Å². The Morgan fingerprint density at radius 1 is 1.12 bits per heavy atom. The topological polar surface area (TPSA) is 0 Å². The molecule has 1 aromatic carbocycles. The molecule has 0 aliphatic heterocycles. The van der Waals surface area contributed by atoms with E-state index in [4.69, 9.17) is 0 Å². The Balaban J connectivity index is 0. The number of halogens is 1. The normalized spacial score (nSPS) is 8.41.